The van der Waals surface area contributed by atoms with E-state index in [4.69, 9.17) is 0 Å². The normalized spacial score (nSPS) is 37.2. The summed E-state index contributed by atoms with van der Waals surface area (Å²) in [5.74, 6) is 0. The van der Waals surface area contributed by atoms with Crippen molar-refractivity contribution in [3.8, 4) is 0 Å². The van der Waals surface area contributed by atoms with Gasteiger partial charge in [-0.2, -0.15) is 0 Å². The number of benzene rings is 1. The second-order valence-electron chi connectivity index (χ2n) is 5.25. The molecule has 16 heavy (non-hydrogen) atoms. The zero-order chi connectivity index (χ0) is 10.6. The van der Waals surface area contributed by atoms with Crippen molar-refractivity contribution in [3.63, 3.8) is 0 Å². The molecule has 78 valence electrons. The third-order valence-electron chi connectivity index (χ3n) is 4.53. The van der Waals surface area contributed by atoms with Gasteiger partial charge in [-0.05, 0) is 24.0 Å². The molecule has 0 nitrogen and oxygen atoms in total. The summed E-state index contributed by atoms with van der Waals surface area (Å²) in [4.78, 5) is 0. The molecule has 4 rings (SSSR count). The lowest BCUT2D eigenvalue weighted by Crippen LogP contribution is -2.50. The molecule has 0 spiro atoms. The number of fused-ring (bicyclic) bond motifs is 1. The van der Waals surface area contributed by atoms with Gasteiger partial charge in [0.1, 0.15) is 0 Å². The largest absolute Gasteiger partial charge is 0.0761 e. The van der Waals surface area contributed by atoms with Crippen LogP contribution in [0.1, 0.15) is 11.1 Å². The summed E-state index contributed by atoms with van der Waals surface area (Å²) in [7, 11) is 0. The molecule has 1 aromatic rings. The van der Waals surface area contributed by atoms with Crippen molar-refractivity contribution in [1.82, 2.24) is 0 Å². The van der Waals surface area contributed by atoms with Gasteiger partial charge < -0.3 is 0 Å². The fourth-order valence-electron chi connectivity index (χ4n) is 3.48. The highest BCUT2D eigenvalue weighted by molar-refractivity contribution is 5.50. The smallest absolute Gasteiger partial charge is 0.0234 e. The lowest BCUT2D eigenvalue weighted by molar-refractivity contribution is 0.192. The van der Waals surface area contributed by atoms with E-state index in [9.17, 15) is 0 Å². The van der Waals surface area contributed by atoms with Gasteiger partial charge >= 0.3 is 0 Å². The quantitative estimate of drug-likeness (QED) is 0.570. The standard InChI is InChI=1S/C16H14/c1-2-6-14-12-16-8-4-3-7-15(16,9-10-16)11-13(14)5-1/h1-10H,11-12H2/t15-,16+. The van der Waals surface area contributed by atoms with Gasteiger partial charge in [0.15, 0.2) is 0 Å². The highest BCUT2D eigenvalue weighted by Gasteiger charge is 2.53. The van der Waals surface area contributed by atoms with Crippen LogP contribution in [0.2, 0.25) is 0 Å². The van der Waals surface area contributed by atoms with E-state index in [1.54, 1.807) is 0 Å². The molecule has 0 heterocycles. The summed E-state index contributed by atoms with van der Waals surface area (Å²) >= 11 is 0. The third kappa shape index (κ3) is 0.824. The van der Waals surface area contributed by atoms with Crippen molar-refractivity contribution >= 4 is 0 Å². The molecule has 0 heteroatoms. The topological polar surface area (TPSA) is 0 Å². The lowest BCUT2D eigenvalue weighted by Gasteiger charge is -2.55. The van der Waals surface area contributed by atoms with Gasteiger partial charge in [0.05, 0.1) is 0 Å². The van der Waals surface area contributed by atoms with Crippen molar-refractivity contribution in [2.24, 2.45) is 10.8 Å². The van der Waals surface area contributed by atoms with Crippen LogP contribution >= 0.6 is 0 Å². The average Bonchev–Trinajstić information content (AvgIpc) is 2.30. The van der Waals surface area contributed by atoms with Gasteiger partial charge in [0, 0.05) is 10.8 Å². The van der Waals surface area contributed by atoms with Crippen LogP contribution in [0.4, 0.5) is 0 Å². The predicted molar refractivity (Wildman–Crippen MR) is 66.1 cm³/mol. The Morgan fingerprint density at radius 3 is 1.62 bits per heavy atom. The maximum absolute atomic E-state index is 2.39. The van der Waals surface area contributed by atoms with E-state index < -0.39 is 0 Å². The van der Waals surface area contributed by atoms with E-state index in [-0.39, 0.29) is 10.8 Å². The maximum Gasteiger partial charge on any atom is 0.0234 e. The van der Waals surface area contributed by atoms with Crippen LogP contribution in [0.3, 0.4) is 0 Å². The molecule has 0 radical (unpaired) electrons. The van der Waals surface area contributed by atoms with Gasteiger partial charge in [0.25, 0.3) is 0 Å². The number of rotatable bonds is 0. The minimum absolute atomic E-state index is 0.288. The molecule has 0 saturated heterocycles. The average molecular weight is 206 g/mol. The fourth-order valence-corrected chi connectivity index (χ4v) is 3.48. The molecule has 0 saturated carbocycles. The van der Waals surface area contributed by atoms with Gasteiger partial charge in [-0.15, -0.1) is 0 Å². The molecule has 3 aliphatic carbocycles. The first-order valence-corrected chi connectivity index (χ1v) is 5.98. The van der Waals surface area contributed by atoms with E-state index in [2.05, 4.69) is 60.7 Å². The molecule has 0 fully saturated rings. The molecule has 2 atom stereocenters. The predicted octanol–water partition coefficient (Wildman–Crippen LogP) is 3.45. The number of hydrogen-bond donors (Lipinski definition) is 0. The minimum Gasteiger partial charge on any atom is -0.0761 e. The SMILES string of the molecule is C1=C[C@@]23C=C[C@]2(C=C1)Cc1ccccc1C3. The van der Waals surface area contributed by atoms with Gasteiger partial charge in [-0.25, -0.2) is 0 Å². The summed E-state index contributed by atoms with van der Waals surface area (Å²) < 4.78 is 0. The van der Waals surface area contributed by atoms with Crippen LogP contribution in [-0.2, 0) is 12.8 Å². The Kier molecular flexibility index (Phi) is 1.38. The van der Waals surface area contributed by atoms with Gasteiger partial charge in [-0.1, -0.05) is 60.7 Å². The van der Waals surface area contributed by atoms with Crippen molar-refractivity contribution in [3.05, 3.63) is 71.8 Å². The summed E-state index contributed by atoms with van der Waals surface area (Å²) in [6.07, 6.45) is 16.3. The van der Waals surface area contributed by atoms with E-state index in [1.807, 2.05) is 0 Å². The van der Waals surface area contributed by atoms with E-state index in [0.717, 1.165) is 0 Å². The molecular formula is C16H14. The number of allylic oxidation sites excluding steroid dienone is 6. The Morgan fingerprint density at radius 2 is 1.19 bits per heavy atom. The van der Waals surface area contributed by atoms with Crippen molar-refractivity contribution in [1.29, 1.82) is 0 Å². The first-order chi connectivity index (χ1) is 7.84. The van der Waals surface area contributed by atoms with E-state index >= 15 is 0 Å². The molecule has 0 aromatic heterocycles. The molecule has 0 amide bonds. The molecule has 0 bridgehead atoms. The summed E-state index contributed by atoms with van der Waals surface area (Å²) in [6.45, 7) is 0. The molecule has 0 N–H and O–H groups in total. The van der Waals surface area contributed by atoms with Crippen molar-refractivity contribution < 1.29 is 0 Å². The second kappa shape index (κ2) is 2.57. The zero-order valence-electron chi connectivity index (χ0n) is 9.19. The second-order valence-corrected chi connectivity index (χ2v) is 5.25. The van der Waals surface area contributed by atoms with Crippen molar-refractivity contribution in [2.45, 2.75) is 12.8 Å². The Hall–Kier alpha value is -1.56. The maximum atomic E-state index is 2.39. The zero-order valence-corrected chi connectivity index (χ0v) is 9.19. The third-order valence-corrected chi connectivity index (χ3v) is 4.53. The first kappa shape index (κ1) is 8.58. The molecule has 1 aromatic carbocycles. The number of hydrogen-bond acceptors (Lipinski definition) is 0. The molecule has 0 unspecified atom stereocenters. The highest BCUT2D eigenvalue weighted by Crippen LogP contribution is 2.60. The minimum atomic E-state index is 0.288. The molecule has 3 aliphatic rings. The lowest BCUT2D eigenvalue weighted by atomic mass is 9.47. The monoisotopic (exact) mass is 206 g/mol. The van der Waals surface area contributed by atoms with Crippen LogP contribution in [0.5, 0.6) is 0 Å². The fraction of sp³-hybridized carbons (Fsp3) is 0.250. The first-order valence-electron chi connectivity index (χ1n) is 5.98. The summed E-state index contributed by atoms with van der Waals surface area (Å²) in [5, 5.41) is 0. The van der Waals surface area contributed by atoms with Crippen LogP contribution in [0.25, 0.3) is 0 Å². The Labute approximate surface area is 96.0 Å². The summed E-state index contributed by atoms with van der Waals surface area (Å²) in [5.41, 5.74) is 3.64. The summed E-state index contributed by atoms with van der Waals surface area (Å²) in [6, 6.07) is 8.89. The Bertz CT molecular complexity index is 498. The highest BCUT2D eigenvalue weighted by atomic mass is 14.6. The van der Waals surface area contributed by atoms with E-state index in [0.29, 0.717) is 0 Å². The van der Waals surface area contributed by atoms with Gasteiger partial charge in [0.2, 0.25) is 0 Å². The van der Waals surface area contributed by atoms with E-state index in [1.165, 1.54) is 24.0 Å². The molecular weight excluding hydrogens is 192 g/mol. The van der Waals surface area contributed by atoms with Crippen LogP contribution in [-0.4, -0.2) is 0 Å². The Balaban J connectivity index is 1.93. The van der Waals surface area contributed by atoms with Gasteiger partial charge in [-0.3, -0.25) is 0 Å². The van der Waals surface area contributed by atoms with Crippen LogP contribution in [0.15, 0.2) is 60.7 Å². The van der Waals surface area contributed by atoms with Crippen LogP contribution < -0.4 is 0 Å². The Morgan fingerprint density at radius 1 is 0.688 bits per heavy atom. The van der Waals surface area contributed by atoms with Crippen LogP contribution in [0, 0.1) is 10.8 Å². The molecule has 0 aliphatic heterocycles. The van der Waals surface area contributed by atoms with Crippen molar-refractivity contribution in [2.75, 3.05) is 0 Å².